The fraction of sp³-hybridized carbons (Fsp3) is 0.533. The highest BCUT2D eigenvalue weighted by Crippen LogP contribution is 2.32. The Morgan fingerprint density at radius 2 is 2.05 bits per heavy atom. The minimum absolute atomic E-state index is 0.0957. The van der Waals surface area contributed by atoms with Gasteiger partial charge in [0, 0.05) is 16.9 Å². The molecule has 0 saturated heterocycles. The number of rotatable bonds is 4. The molecule has 20 heavy (non-hydrogen) atoms. The lowest BCUT2D eigenvalue weighted by Gasteiger charge is -2.22. The Morgan fingerprint density at radius 3 is 2.75 bits per heavy atom. The van der Waals surface area contributed by atoms with Gasteiger partial charge < -0.3 is 14.8 Å². The van der Waals surface area contributed by atoms with Crippen molar-refractivity contribution in [1.82, 2.24) is 5.32 Å². The van der Waals surface area contributed by atoms with Gasteiger partial charge in [-0.1, -0.05) is 36.7 Å². The molecule has 1 amide bonds. The second kappa shape index (κ2) is 6.04. The van der Waals surface area contributed by atoms with E-state index in [4.69, 9.17) is 9.47 Å². The highest BCUT2D eigenvalue weighted by Gasteiger charge is 2.19. The highest BCUT2D eigenvalue weighted by molar-refractivity contribution is 9.09. The fourth-order valence-corrected chi connectivity index (χ4v) is 3.21. The molecule has 110 valence electrons. The zero-order valence-corrected chi connectivity index (χ0v) is 13.6. The van der Waals surface area contributed by atoms with Crippen molar-refractivity contribution in [3.8, 4) is 11.5 Å². The summed E-state index contributed by atoms with van der Waals surface area (Å²) in [6.45, 7) is 7.36. The summed E-state index contributed by atoms with van der Waals surface area (Å²) in [4.78, 5) is 12.4. The molecule has 0 radical (unpaired) electrons. The number of ether oxygens (including phenoxy) is 2. The van der Waals surface area contributed by atoms with E-state index < -0.39 is 0 Å². The Kier molecular flexibility index (Phi) is 4.58. The summed E-state index contributed by atoms with van der Waals surface area (Å²) >= 11 is 3.61. The number of amides is 1. The molecule has 1 heterocycles. The molecule has 0 saturated carbocycles. The van der Waals surface area contributed by atoms with Crippen molar-refractivity contribution in [2.24, 2.45) is 5.41 Å². The number of benzene rings is 1. The molecule has 1 aliphatic rings. The molecule has 0 spiro atoms. The molecular formula is C15H20BrNO3. The average Bonchev–Trinajstić information content (AvgIpc) is 2.80. The number of halogens is 1. The Labute approximate surface area is 128 Å². The molecule has 0 aliphatic carbocycles. The van der Waals surface area contributed by atoms with Gasteiger partial charge in [-0.25, -0.2) is 0 Å². The minimum atomic E-state index is -0.0957. The number of fused-ring (bicyclic) bond motifs is 1. The number of carbonyl (C=O) groups excluding carboxylic acids is 1. The van der Waals surface area contributed by atoms with E-state index in [-0.39, 0.29) is 22.9 Å². The number of hydrogen-bond acceptors (Lipinski definition) is 3. The lowest BCUT2D eigenvalue weighted by molar-refractivity contribution is 0.0952. The molecule has 4 nitrogen and oxygen atoms in total. The predicted octanol–water partition coefficient (Wildman–Crippen LogP) is 3.34. The summed E-state index contributed by atoms with van der Waals surface area (Å²) in [5.74, 6) is 1.22. The summed E-state index contributed by atoms with van der Waals surface area (Å²) in [6, 6.07) is 5.22. The van der Waals surface area contributed by atoms with E-state index in [1.54, 1.807) is 18.2 Å². The van der Waals surface area contributed by atoms with Crippen molar-refractivity contribution in [1.29, 1.82) is 0 Å². The SMILES string of the molecule is CC(C)(C)CC(Br)CNC(=O)c1ccc2c(c1)OCO2. The van der Waals surface area contributed by atoms with Crippen LogP contribution in [0.4, 0.5) is 0 Å². The molecule has 1 atom stereocenters. The van der Waals surface area contributed by atoms with Gasteiger partial charge >= 0.3 is 0 Å². The van der Waals surface area contributed by atoms with E-state index in [1.165, 1.54) is 0 Å². The molecule has 0 aromatic heterocycles. The average molecular weight is 342 g/mol. The second-order valence-corrected chi connectivity index (χ2v) is 7.44. The van der Waals surface area contributed by atoms with Crippen LogP contribution in [-0.4, -0.2) is 24.1 Å². The van der Waals surface area contributed by atoms with E-state index in [9.17, 15) is 4.79 Å². The summed E-state index contributed by atoms with van der Waals surface area (Å²) in [5, 5.41) is 2.93. The van der Waals surface area contributed by atoms with Gasteiger partial charge in [0.25, 0.3) is 5.91 Å². The van der Waals surface area contributed by atoms with Crippen molar-refractivity contribution in [3.63, 3.8) is 0 Å². The summed E-state index contributed by atoms with van der Waals surface area (Å²) < 4.78 is 10.5. The molecular weight excluding hydrogens is 322 g/mol. The second-order valence-electron chi connectivity index (χ2n) is 6.14. The Balaban J connectivity index is 1.89. The van der Waals surface area contributed by atoms with Gasteiger partial charge in [0.05, 0.1) is 0 Å². The molecule has 0 fully saturated rings. The van der Waals surface area contributed by atoms with Crippen molar-refractivity contribution in [2.75, 3.05) is 13.3 Å². The molecule has 2 rings (SSSR count). The first-order valence-electron chi connectivity index (χ1n) is 6.67. The maximum Gasteiger partial charge on any atom is 0.251 e. The van der Waals surface area contributed by atoms with E-state index in [0.29, 0.717) is 23.6 Å². The van der Waals surface area contributed by atoms with Gasteiger partial charge in [0.15, 0.2) is 11.5 Å². The van der Waals surface area contributed by atoms with Crippen molar-refractivity contribution >= 4 is 21.8 Å². The molecule has 1 N–H and O–H groups in total. The van der Waals surface area contributed by atoms with Gasteiger partial charge in [-0.05, 0) is 30.0 Å². The van der Waals surface area contributed by atoms with Gasteiger partial charge in [-0.2, -0.15) is 0 Å². The largest absolute Gasteiger partial charge is 0.454 e. The standard InChI is InChI=1S/C15H20BrNO3/c1-15(2,3)7-11(16)8-17-14(18)10-4-5-12-13(6-10)20-9-19-12/h4-6,11H,7-9H2,1-3H3,(H,17,18). The van der Waals surface area contributed by atoms with Crippen LogP contribution in [0.3, 0.4) is 0 Å². The third kappa shape index (κ3) is 4.13. The Hall–Kier alpha value is -1.23. The van der Waals surface area contributed by atoms with Gasteiger partial charge in [0.1, 0.15) is 0 Å². The topological polar surface area (TPSA) is 47.6 Å². The monoisotopic (exact) mass is 341 g/mol. The molecule has 5 heteroatoms. The lowest BCUT2D eigenvalue weighted by atomic mass is 9.90. The number of hydrogen-bond donors (Lipinski definition) is 1. The maximum atomic E-state index is 12.1. The van der Waals surface area contributed by atoms with Crippen LogP contribution in [-0.2, 0) is 0 Å². The van der Waals surface area contributed by atoms with E-state index >= 15 is 0 Å². The first kappa shape index (κ1) is 15.2. The van der Waals surface area contributed by atoms with Crippen molar-refractivity contribution in [2.45, 2.75) is 32.0 Å². The number of carbonyl (C=O) groups is 1. The van der Waals surface area contributed by atoms with Crippen LogP contribution in [0.2, 0.25) is 0 Å². The summed E-state index contributed by atoms with van der Waals surface area (Å²) in [7, 11) is 0. The van der Waals surface area contributed by atoms with Crippen LogP contribution in [0, 0.1) is 5.41 Å². The van der Waals surface area contributed by atoms with Crippen LogP contribution in [0.1, 0.15) is 37.6 Å². The van der Waals surface area contributed by atoms with Crippen LogP contribution < -0.4 is 14.8 Å². The summed E-state index contributed by atoms with van der Waals surface area (Å²) in [6.07, 6.45) is 0.994. The van der Waals surface area contributed by atoms with Gasteiger partial charge in [-0.3, -0.25) is 4.79 Å². The summed E-state index contributed by atoms with van der Waals surface area (Å²) in [5.41, 5.74) is 0.821. The van der Waals surface area contributed by atoms with E-state index in [2.05, 4.69) is 42.0 Å². The molecule has 1 aromatic rings. The molecule has 0 bridgehead atoms. The quantitative estimate of drug-likeness (QED) is 0.854. The third-order valence-electron chi connectivity index (χ3n) is 2.95. The first-order chi connectivity index (χ1) is 9.35. The molecule has 1 unspecified atom stereocenters. The van der Waals surface area contributed by atoms with Gasteiger partial charge in [0.2, 0.25) is 6.79 Å². The van der Waals surface area contributed by atoms with E-state index in [1.807, 2.05) is 0 Å². The van der Waals surface area contributed by atoms with Crippen LogP contribution in [0.5, 0.6) is 11.5 Å². The Morgan fingerprint density at radius 1 is 1.35 bits per heavy atom. The molecule has 1 aliphatic heterocycles. The fourth-order valence-electron chi connectivity index (χ4n) is 2.08. The predicted molar refractivity (Wildman–Crippen MR) is 81.7 cm³/mol. The number of nitrogens with one attached hydrogen (secondary N) is 1. The zero-order valence-electron chi connectivity index (χ0n) is 12.0. The Bertz CT molecular complexity index is 496. The minimum Gasteiger partial charge on any atom is -0.454 e. The van der Waals surface area contributed by atoms with Gasteiger partial charge in [-0.15, -0.1) is 0 Å². The van der Waals surface area contributed by atoms with Crippen LogP contribution in [0.25, 0.3) is 0 Å². The third-order valence-corrected chi connectivity index (χ3v) is 3.60. The normalized spacial score (nSPS) is 15.0. The number of alkyl halides is 1. The lowest BCUT2D eigenvalue weighted by Crippen LogP contribution is -2.31. The van der Waals surface area contributed by atoms with Crippen LogP contribution in [0.15, 0.2) is 18.2 Å². The molecule has 1 aromatic carbocycles. The van der Waals surface area contributed by atoms with E-state index in [0.717, 1.165) is 6.42 Å². The first-order valence-corrected chi connectivity index (χ1v) is 7.59. The van der Waals surface area contributed by atoms with Crippen molar-refractivity contribution < 1.29 is 14.3 Å². The van der Waals surface area contributed by atoms with Crippen molar-refractivity contribution in [3.05, 3.63) is 23.8 Å². The van der Waals surface area contributed by atoms with Crippen LogP contribution >= 0.6 is 15.9 Å². The highest BCUT2D eigenvalue weighted by atomic mass is 79.9. The zero-order chi connectivity index (χ0) is 14.8. The maximum absolute atomic E-state index is 12.1. The smallest absolute Gasteiger partial charge is 0.251 e.